The number of anilines is 1. The summed E-state index contributed by atoms with van der Waals surface area (Å²) < 4.78 is 32.6. The van der Waals surface area contributed by atoms with Gasteiger partial charge in [-0.3, -0.25) is 19.1 Å². The monoisotopic (exact) mass is 493 g/mol. The highest BCUT2D eigenvalue weighted by atomic mass is 32.2. The first-order valence-corrected chi connectivity index (χ1v) is 12.9. The summed E-state index contributed by atoms with van der Waals surface area (Å²) in [6, 6.07) is 9.26. The third kappa shape index (κ3) is 6.32. The van der Waals surface area contributed by atoms with Gasteiger partial charge in [-0.25, -0.2) is 8.42 Å². The number of piperidine rings is 1. The fourth-order valence-corrected chi connectivity index (χ4v) is 5.63. The Morgan fingerprint density at radius 3 is 2.73 bits per heavy atom. The zero-order valence-electron chi connectivity index (χ0n) is 18.5. The summed E-state index contributed by atoms with van der Waals surface area (Å²) in [6.45, 7) is 2.69. The molecule has 1 saturated heterocycles. The molecule has 0 aliphatic carbocycles. The van der Waals surface area contributed by atoms with Crippen LogP contribution in [-0.4, -0.2) is 69.3 Å². The molecule has 9 nitrogen and oxygen atoms in total. The summed E-state index contributed by atoms with van der Waals surface area (Å²) in [4.78, 5) is 40.5. The van der Waals surface area contributed by atoms with Gasteiger partial charge in [0.25, 0.3) is 15.9 Å². The van der Waals surface area contributed by atoms with Gasteiger partial charge in [0, 0.05) is 31.4 Å². The second-order valence-corrected chi connectivity index (χ2v) is 10.6. The Hall–Kier alpha value is -2.92. The Morgan fingerprint density at radius 1 is 1.24 bits per heavy atom. The van der Waals surface area contributed by atoms with E-state index in [-0.39, 0.29) is 46.3 Å². The maximum absolute atomic E-state index is 12.9. The van der Waals surface area contributed by atoms with Gasteiger partial charge in [0.1, 0.15) is 4.21 Å². The molecule has 1 aliphatic rings. The third-order valence-electron chi connectivity index (χ3n) is 5.23. The standard InChI is InChI=1S/C22H27N3O6S2/c1-3-31-22(28)17-8-5-11-25(14-17)19(26)15-24(2)21(27)16-7-4-9-18(13-16)23-33(29,30)20-10-6-12-32-20/h4,6-7,9-10,12-13,17,23H,3,5,8,11,14-15H2,1-2H3. The summed E-state index contributed by atoms with van der Waals surface area (Å²) in [5.41, 5.74) is 0.502. The number of nitrogens with one attached hydrogen (secondary N) is 1. The van der Waals surface area contributed by atoms with Gasteiger partial charge in [-0.1, -0.05) is 12.1 Å². The number of thiophene rings is 1. The van der Waals surface area contributed by atoms with Crippen LogP contribution in [0.4, 0.5) is 5.69 Å². The number of hydrogen-bond donors (Lipinski definition) is 1. The van der Waals surface area contributed by atoms with Crippen LogP contribution in [-0.2, 0) is 24.3 Å². The summed E-state index contributed by atoms with van der Waals surface area (Å²) in [6.07, 6.45) is 1.37. The van der Waals surface area contributed by atoms with Gasteiger partial charge >= 0.3 is 5.97 Å². The molecule has 1 aromatic heterocycles. The van der Waals surface area contributed by atoms with E-state index in [0.29, 0.717) is 26.0 Å². The fraction of sp³-hybridized carbons (Fsp3) is 0.409. The molecule has 178 valence electrons. The number of esters is 1. The molecule has 0 spiro atoms. The van der Waals surface area contributed by atoms with Crippen LogP contribution in [0.15, 0.2) is 46.0 Å². The number of benzene rings is 1. The maximum atomic E-state index is 12.9. The quantitative estimate of drug-likeness (QED) is 0.565. The lowest BCUT2D eigenvalue weighted by Crippen LogP contribution is -2.47. The van der Waals surface area contributed by atoms with Gasteiger partial charge in [0.2, 0.25) is 5.91 Å². The molecule has 0 radical (unpaired) electrons. The molecular weight excluding hydrogens is 466 g/mol. The first kappa shape index (κ1) is 24.7. The molecule has 1 atom stereocenters. The van der Waals surface area contributed by atoms with Crippen molar-refractivity contribution in [1.82, 2.24) is 9.80 Å². The van der Waals surface area contributed by atoms with E-state index in [0.717, 1.165) is 11.3 Å². The van der Waals surface area contributed by atoms with E-state index in [1.165, 1.54) is 24.1 Å². The van der Waals surface area contributed by atoms with Crippen molar-refractivity contribution in [3.8, 4) is 0 Å². The maximum Gasteiger partial charge on any atom is 0.310 e. The molecule has 0 saturated carbocycles. The van der Waals surface area contributed by atoms with E-state index >= 15 is 0 Å². The number of sulfonamides is 1. The molecule has 1 aromatic carbocycles. The number of ether oxygens (including phenoxy) is 1. The molecule has 1 unspecified atom stereocenters. The first-order valence-electron chi connectivity index (χ1n) is 10.6. The molecule has 1 fully saturated rings. The zero-order valence-corrected chi connectivity index (χ0v) is 20.2. The SMILES string of the molecule is CCOC(=O)C1CCCN(C(=O)CN(C)C(=O)c2cccc(NS(=O)(=O)c3cccs3)c2)C1. The van der Waals surface area contributed by atoms with Gasteiger partial charge in [-0.2, -0.15) is 0 Å². The summed E-state index contributed by atoms with van der Waals surface area (Å²) in [5, 5.41) is 1.66. The Bertz CT molecular complexity index is 1100. The molecule has 2 amide bonds. The molecule has 3 rings (SSSR count). The minimum atomic E-state index is -3.74. The lowest BCUT2D eigenvalue weighted by Gasteiger charge is -2.32. The van der Waals surface area contributed by atoms with Crippen LogP contribution < -0.4 is 4.72 Å². The van der Waals surface area contributed by atoms with Crippen molar-refractivity contribution in [3.63, 3.8) is 0 Å². The Kier molecular flexibility index (Phi) is 8.09. The number of carbonyl (C=O) groups is 3. The number of amides is 2. The van der Waals surface area contributed by atoms with Crippen molar-refractivity contribution < 1.29 is 27.5 Å². The largest absolute Gasteiger partial charge is 0.466 e. The van der Waals surface area contributed by atoms with E-state index in [2.05, 4.69) is 4.72 Å². The number of carbonyl (C=O) groups excluding carboxylic acids is 3. The highest BCUT2D eigenvalue weighted by Crippen LogP contribution is 2.22. The van der Waals surface area contributed by atoms with Gasteiger partial charge < -0.3 is 14.5 Å². The smallest absolute Gasteiger partial charge is 0.310 e. The average molecular weight is 494 g/mol. The first-order chi connectivity index (χ1) is 15.7. The van der Waals surface area contributed by atoms with Crippen LogP contribution in [0.1, 0.15) is 30.1 Å². The molecule has 33 heavy (non-hydrogen) atoms. The topological polar surface area (TPSA) is 113 Å². The zero-order chi connectivity index (χ0) is 24.0. The second-order valence-electron chi connectivity index (χ2n) is 7.71. The second kappa shape index (κ2) is 10.8. The Labute approximate surface area is 197 Å². The van der Waals surface area contributed by atoms with E-state index in [9.17, 15) is 22.8 Å². The molecule has 1 N–H and O–H groups in total. The number of likely N-dealkylation sites (N-methyl/N-ethyl adjacent to an activating group) is 1. The van der Waals surface area contributed by atoms with Crippen molar-refractivity contribution in [2.75, 3.05) is 38.0 Å². The minimum absolute atomic E-state index is 0.153. The van der Waals surface area contributed by atoms with Gasteiger partial charge in [-0.05, 0) is 49.4 Å². The van der Waals surface area contributed by atoms with Crippen molar-refractivity contribution in [1.29, 1.82) is 0 Å². The van der Waals surface area contributed by atoms with E-state index < -0.39 is 15.9 Å². The van der Waals surface area contributed by atoms with E-state index in [4.69, 9.17) is 4.74 Å². The molecular formula is C22H27N3O6S2. The molecule has 11 heteroatoms. The van der Waals surface area contributed by atoms with Crippen molar-refractivity contribution in [2.24, 2.45) is 5.92 Å². The summed E-state index contributed by atoms with van der Waals surface area (Å²) >= 11 is 1.09. The van der Waals surface area contributed by atoms with E-state index in [1.807, 2.05) is 0 Å². The van der Waals surface area contributed by atoms with Gasteiger partial charge in [-0.15, -0.1) is 11.3 Å². The molecule has 1 aliphatic heterocycles. The number of rotatable bonds is 8. The Morgan fingerprint density at radius 2 is 2.03 bits per heavy atom. The number of likely N-dealkylation sites (tertiary alicyclic amines) is 1. The summed E-state index contributed by atoms with van der Waals surface area (Å²) in [7, 11) is -2.23. The molecule has 2 aromatic rings. The van der Waals surface area contributed by atoms with Crippen LogP contribution >= 0.6 is 11.3 Å². The van der Waals surface area contributed by atoms with E-state index in [1.54, 1.807) is 41.5 Å². The predicted molar refractivity (Wildman–Crippen MR) is 124 cm³/mol. The lowest BCUT2D eigenvalue weighted by molar-refractivity contribution is -0.151. The van der Waals surface area contributed by atoms with Crippen LogP contribution in [0.25, 0.3) is 0 Å². The number of hydrogen-bond acceptors (Lipinski definition) is 7. The molecule has 0 bridgehead atoms. The highest BCUT2D eigenvalue weighted by molar-refractivity contribution is 7.94. The normalized spacial score (nSPS) is 16.2. The number of nitrogens with zero attached hydrogens (tertiary/aromatic N) is 2. The van der Waals surface area contributed by atoms with Crippen LogP contribution in [0.2, 0.25) is 0 Å². The lowest BCUT2D eigenvalue weighted by atomic mass is 9.98. The Balaban J connectivity index is 1.62. The highest BCUT2D eigenvalue weighted by Gasteiger charge is 2.30. The predicted octanol–water partition coefficient (Wildman–Crippen LogP) is 2.42. The van der Waals surface area contributed by atoms with Crippen LogP contribution in [0, 0.1) is 5.92 Å². The molecule has 2 heterocycles. The van der Waals surface area contributed by atoms with Crippen molar-refractivity contribution in [3.05, 3.63) is 47.3 Å². The van der Waals surface area contributed by atoms with Crippen molar-refractivity contribution in [2.45, 2.75) is 24.0 Å². The van der Waals surface area contributed by atoms with Crippen LogP contribution in [0.3, 0.4) is 0 Å². The van der Waals surface area contributed by atoms with Gasteiger partial charge in [0.05, 0.1) is 19.1 Å². The van der Waals surface area contributed by atoms with Crippen molar-refractivity contribution >= 4 is 44.8 Å². The minimum Gasteiger partial charge on any atom is -0.466 e. The fourth-order valence-electron chi connectivity index (χ4n) is 3.59. The van der Waals surface area contributed by atoms with Gasteiger partial charge in [0.15, 0.2) is 0 Å². The van der Waals surface area contributed by atoms with Crippen LogP contribution in [0.5, 0.6) is 0 Å². The average Bonchev–Trinajstić information content (AvgIpc) is 3.35. The third-order valence-corrected chi connectivity index (χ3v) is 8.01. The summed E-state index contributed by atoms with van der Waals surface area (Å²) in [5.74, 6) is -1.33.